The molecule has 0 radical (unpaired) electrons. The van der Waals surface area contributed by atoms with Crippen LogP contribution < -0.4 is 0 Å². The summed E-state index contributed by atoms with van der Waals surface area (Å²) in [6.07, 6.45) is 4.24. The first-order chi connectivity index (χ1) is 10.8. The summed E-state index contributed by atoms with van der Waals surface area (Å²) in [5, 5.41) is 0. The van der Waals surface area contributed by atoms with E-state index in [9.17, 15) is 4.79 Å². The van der Waals surface area contributed by atoms with Gasteiger partial charge < -0.3 is 0 Å². The standard InChI is InChI=1S/C21H31NO/c1-6-19(23)20-17(13-16-11-12-18(20)22(16)5)14-7-9-15(10-8-14)21(2,3)4/h7-10,16-18,20H,6,11-13H2,1-5H3. The number of hydrogen-bond acceptors (Lipinski definition) is 2. The van der Waals surface area contributed by atoms with Crippen molar-refractivity contribution in [2.45, 2.75) is 76.8 Å². The first-order valence-electron chi connectivity index (χ1n) is 9.18. The summed E-state index contributed by atoms with van der Waals surface area (Å²) in [6.45, 7) is 8.77. The van der Waals surface area contributed by atoms with Crippen molar-refractivity contribution in [2.24, 2.45) is 5.92 Å². The van der Waals surface area contributed by atoms with Crippen LogP contribution in [-0.4, -0.2) is 29.8 Å². The van der Waals surface area contributed by atoms with E-state index in [2.05, 4.69) is 57.0 Å². The third kappa shape index (κ3) is 2.98. The van der Waals surface area contributed by atoms with Gasteiger partial charge in [0.15, 0.2) is 0 Å². The van der Waals surface area contributed by atoms with Crippen LogP contribution in [0.15, 0.2) is 24.3 Å². The van der Waals surface area contributed by atoms with E-state index >= 15 is 0 Å². The van der Waals surface area contributed by atoms with Crippen LogP contribution in [0.2, 0.25) is 0 Å². The van der Waals surface area contributed by atoms with Gasteiger partial charge in [-0.15, -0.1) is 0 Å². The molecule has 1 aromatic rings. The highest BCUT2D eigenvalue weighted by atomic mass is 16.1. The number of rotatable bonds is 3. The van der Waals surface area contributed by atoms with Crippen LogP contribution in [0, 0.1) is 5.92 Å². The average molecular weight is 313 g/mol. The number of ketones is 1. The normalized spacial score (nSPS) is 31.3. The zero-order valence-electron chi connectivity index (χ0n) is 15.3. The quantitative estimate of drug-likeness (QED) is 0.817. The molecule has 2 heterocycles. The van der Waals surface area contributed by atoms with Crippen molar-refractivity contribution in [1.82, 2.24) is 4.90 Å². The van der Waals surface area contributed by atoms with Crippen molar-refractivity contribution >= 4 is 5.78 Å². The second kappa shape index (κ2) is 6.05. The molecule has 0 aliphatic carbocycles. The summed E-state index contributed by atoms with van der Waals surface area (Å²) < 4.78 is 0. The topological polar surface area (TPSA) is 20.3 Å². The lowest BCUT2D eigenvalue weighted by Crippen LogP contribution is -2.48. The minimum atomic E-state index is 0.184. The molecule has 1 aromatic carbocycles. The number of benzene rings is 1. The van der Waals surface area contributed by atoms with E-state index in [1.165, 1.54) is 24.0 Å². The Morgan fingerprint density at radius 2 is 1.83 bits per heavy atom. The molecular weight excluding hydrogens is 282 g/mol. The number of fused-ring (bicyclic) bond motifs is 2. The van der Waals surface area contributed by atoms with Crippen LogP contribution in [0.1, 0.15) is 70.4 Å². The van der Waals surface area contributed by atoms with E-state index in [4.69, 9.17) is 0 Å². The zero-order chi connectivity index (χ0) is 16.8. The molecular formula is C21H31NO. The third-order valence-electron chi connectivity index (χ3n) is 6.19. The molecule has 4 unspecified atom stereocenters. The Morgan fingerprint density at radius 3 is 2.39 bits per heavy atom. The Balaban J connectivity index is 1.92. The minimum Gasteiger partial charge on any atom is -0.300 e. The lowest BCUT2D eigenvalue weighted by molar-refractivity contribution is -0.126. The van der Waals surface area contributed by atoms with Crippen molar-refractivity contribution < 1.29 is 4.79 Å². The van der Waals surface area contributed by atoms with Crippen LogP contribution in [-0.2, 0) is 10.2 Å². The molecule has 2 heteroatoms. The van der Waals surface area contributed by atoms with Crippen LogP contribution in [0.4, 0.5) is 0 Å². The molecule has 23 heavy (non-hydrogen) atoms. The number of nitrogens with zero attached hydrogens (tertiary/aromatic N) is 1. The number of carbonyl (C=O) groups excluding carboxylic acids is 1. The molecule has 2 saturated heterocycles. The van der Waals surface area contributed by atoms with Gasteiger partial charge in [-0.2, -0.15) is 0 Å². The fourth-order valence-corrected chi connectivity index (χ4v) is 4.71. The van der Waals surface area contributed by atoms with Crippen LogP contribution in [0.5, 0.6) is 0 Å². The van der Waals surface area contributed by atoms with Crippen molar-refractivity contribution in [3.8, 4) is 0 Å². The van der Waals surface area contributed by atoms with Gasteiger partial charge in [-0.1, -0.05) is 52.0 Å². The Labute approximate surface area is 141 Å². The van der Waals surface area contributed by atoms with E-state index < -0.39 is 0 Å². The molecule has 2 bridgehead atoms. The summed E-state index contributed by atoms with van der Waals surface area (Å²) in [7, 11) is 2.22. The van der Waals surface area contributed by atoms with E-state index in [0.29, 0.717) is 30.2 Å². The Kier molecular flexibility index (Phi) is 4.39. The van der Waals surface area contributed by atoms with Gasteiger partial charge in [0.2, 0.25) is 0 Å². The molecule has 4 atom stereocenters. The number of hydrogen-bond donors (Lipinski definition) is 0. The van der Waals surface area contributed by atoms with Gasteiger partial charge in [-0.05, 0) is 48.8 Å². The average Bonchev–Trinajstić information content (AvgIpc) is 2.75. The molecule has 126 valence electrons. The highest BCUT2D eigenvalue weighted by Gasteiger charge is 2.48. The van der Waals surface area contributed by atoms with Gasteiger partial charge in [0.25, 0.3) is 0 Å². The summed E-state index contributed by atoms with van der Waals surface area (Å²) >= 11 is 0. The maximum absolute atomic E-state index is 12.7. The summed E-state index contributed by atoms with van der Waals surface area (Å²) in [5.74, 6) is 1.04. The summed E-state index contributed by atoms with van der Waals surface area (Å²) in [6, 6.07) is 10.2. The smallest absolute Gasteiger partial charge is 0.137 e. The van der Waals surface area contributed by atoms with Crippen molar-refractivity contribution in [3.63, 3.8) is 0 Å². The minimum absolute atomic E-state index is 0.184. The van der Waals surface area contributed by atoms with Crippen molar-refractivity contribution in [1.29, 1.82) is 0 Å². The molecule has 0 spiro atoms. The van der Waals surface area contributed by atoms with Crippen molar-refractivity contribution in [2.75, 3.05) is 7.05 Å². The van der Waals surface area contributed by atoms with Gasteiger partial charge >= 0.3 is 0 Å². The predicted molar refractivity (Wildman–Crippen MR) is 95.9 cm³/mol. The lowest BCUT2D eigenvalue weighted by atomic mass is 9.73. The molecule has 2 aliphatic heterocycles. The fraction of sp³-hybridized carbons (Fsp3) is 0.667. The highest BCUT2D eigenvalue weighted by Crippen LogP contribution is 2.47. The first kappa shape index (κ1) is 16.7. The Morgan fingerprint density at radius 1 is 1.17 bits per heavy atom. The van der Waals surface area contributed by atoms with Gasteiger partial charge in [0, 0.05) is 24.4 Å². The second-order valence-electron chi connectivity index (χ2n) is 8.52. The van der Waals surface area contributed by atoms with Crippen molar-refractivity contribution in [3.05, 3.63) is 35.4 Å². The molecule has 2 aliphatic rings. The largest absolute Gasteiger partial charge is 0.300 e. The molecule has 0 saturated carbocycles. The van der Waals surface area contributed by atoms with E-state index in [1.54, 1.807) is 0 Å². The van der Waals surface area contributed by atoms with Crippen LogP contribution >= 0.6 is 0 Å². The Bertz CT molecular complexity index is 568. The first-order valence-corrected chi connectivity index (χ1v) is 9.18. The maximum atomic E-state index is 12.7. The maximum Gasteiger partial charge on any atom is 0.137 e. The van der Waals surface area contributed by atoms with Gasteiger partial charge in [-0.3, -0.25) is 9.69 Å². The molecule has 2 fully saturated rings. The van der Waals surface area contributed by atoms with E-state index in [1.807, 2.05) is 6.92 Å². The Hall–Kier alpha value is -1.15. The summed E-state index contributed by atoms with van der Waals surface area (Å²) in [5.41, 5.74) is 2.92. The number of piperidine rings is 1. The SMILES string of the molecule is CCC(=O)C1C(c2ccc(C(C)(C)C)cc2)CC2CCC1N2C. The second-order valence-corrected chi connectivity index (χ2v) is 8.52. The van der Waals surface area contributed by atoms with Gasteiger partial charge in [0.1, 0.15) is 5.78 Å². The highest BCUT2D eigenvalue weighted by molar-refractivity contribution is 5.82. The fourth-order valence-electron chi connectivity index (χ4n) is 4.71. The molecule has 2 nitrogen and oxygen atoms in total. The monoisotopic (exact) mass is 313 g/mol. The summed E-state index contributed by atoms with van der Waals surface area (Å²) in [4.78, 5) is 15.2. The number of Topliss-reactive ketones (excluding diaryl/α,β-unsaturated/α-hetero) is 1. The zero-order valence-corrected chi connectivity index (χ0v) is 15.3. The van der Waals surface area contributed by atoms with Crippen LogP contribution in [0.3, 0.4) is 0 Å². The van der Waals surface area contributed by atoms with Gasteiger partial charge in [0.05, 0.1) is 0 Å². The molecule has 3 rings (SSSR count). The predicted octanol–water partition coefficient (Wildman–Crippen LogP) is 4.53. The molecule has 0 amide bonds. The molecule has 0 N–H and O–H groups in total. The van der Waals surface area contributed by atoms with E-state index in [0.717, 1.165) is 6.42 Å². The lowest BCUT2D eigenvalue weighted by Gasteiger charge is -2.42. The van der Waals surface area contributed by atoms with Crippen LogP contribution in [0.25, 0.3) is 0 Å². The van der Waals surface area contributed by atoms with Gasteiger partial charge in [-0.25, -0.2) is 0 Å². The number of carbonyl (C=O) groups is 1. The van der Waals surface area contributed by atoms with E-state index in [-0.39, 0.29) is 11.3 Å². The molecule has 0 aromatic heterocycles. The third-order valence-corrected chi connectivity index (χ3v) is 6.19.